The number of carbonyl (C=O) groups is 1. The highest BCUT2D eigenvalue weighted by Gasteiger charge is 2.19. The van der Waals surface area contributed by atoms with Gasteiger partial charge in [-0.2, -0.15) is 0 Å². The Balaban J connectivity index is 2.30. The first-order valence-corrected chi connectivity index (χ1v) is 7.61. The van der Waals surface area contributed by atoms with Crippen LogP contribution in [0.25, 0.3) is 22.5 Å². The quantitative estimate of drug-likeness (QED) is 0.745. The number of nitrogens with two attached hydrogens (primary N) is 2. The fourth-order valence-corrected chi connectivity index (χ4v) is 2.48. The number of hydrogen-bond acceptors (Lipinski definition) is 6. The van der Waals surface area contributed by atoms with E-state index in [1.165, 1.54) is 18.6 Å². The number of nitrogen functional groups attached to an aromatic ring is 1. The molecule has 0 bridgehead atoms. The lowest BCUT2D eigenvalue weighted by Crippen LogP contribution is -2.21. The molecule has 8 nitrogen and oxygen atoms in total. The Hall–Kier alpha value is -3.42. The van der Waals surface area contributed by atoms with Gasteiger partial charge in [-0.15, -0.1) is 0 Å². The molecule has 0 radical (unpaired) electrons. The molecule has 0 fully saturated rings. The van der Waals surface area contributed by atoms with Crippen molar-refractivity contribution in [2.75, 3.05) is 5.73 Å². The van der Waals surface area contributed by atoms with Crippen LogP contribution in [0.2, 0.25) is 0 Å². The predicted molar refractivity (Wildman–Crippen MR) is 92.7 cm³/mol. The molecular formula is C17H17N5O3. The molecule has 3 aromatic heterocycles. The van der Waals surface area contributed by atoms with Gasteiger partial charge in [-0.3, -0.25) is 9.59 Å². The Kier molecular flexibility index (Phi) is 4.10. The van der Waals surface area contributed by atoms with Crippen LogP contribution in [0.3, 0.4) is 0 Å². The van der Waals surface area contributed by atoms with E-state index in [0.29, 0.717) is 22.5 Å². The van der Waals surface area contributed by atoms with E-state index in [1.807, 2.05) is 13.8 Å². The Morgan fingerprint density at radius 3 is 2.48 bits per heavy atom. The first kappa shape index (κ1) is 16.4. The van der Waals surface area contributed by atoms with Crippen LogP contribution in [0, 0.1) is 0 Å². The third-order valence-electron chi connectivity index (χ3n) is 3.72. The summed E-state index contributed by atoms with van der Waals surface area (Å²) in [4.78, 5) is 32.2. The molecule has 1 amide bonds. The van der Waals surface area contributed by atoms with Gasteiger partial charge in [0.1, 0.15) is 5.69 Å². The minimum absolute atomic E-state index is 0.0397. The average Bonchev–Trinajstić information content (AvgIpc) is 3.09. The maximum Gasteiger partial charge on any atom is 0.271 e. The van der Waals surface area contributed by atoms with E-state index in [2.05, 4.69) is 9.97 Å². The first-order valence-electron chi connectivity index (χ1n) is 7.61. The third kappa shape index (κ3) is 3.01. The van der Waals surface area contributed by atoms with Gasteiger partial charge in [0, 0.05) is 29.4 Å². The maximum atomic E-state index is 12.0. The molecule has 0 spiro atoms. The largest absolute Gasteiger partial charge is 0.472 e. The van der Waals surface area contributed by atoms with E-state index in [9.17, 15) is 9.59 Å². The van der Waals surface area contributed by atoms with E-state index < -0.39 is 5.91 Å². The Bertz CT molecular complexity index is 990. The molecule has 8 heteroatoms. The van der Waals surface area contributed by atoms with E-state index in [-0.39, 0.29) is 23.1 Å². The highest BCUT2D eigenvalue weighted by molar-refractivity contribution is 5.96. The molecule has 128 valence electrons. The highest BCUT2D eigenvalue weighted by atomic mass is 16.3. The van der Waals surface area contributed by atoms with Crippen LogP contribution in [0.4, 0.5) is 5.82 Å². The second-order valence-corrected chi connectivity index (χ2v) is 5.79. The summed E-state index contributed by atoms with van der Waals surface area (Å²) in [5.74, 6) is -0.841. The summed E-state index contributed by atoms with van der Waals surface area (Å²) < 4.78 is 6.67. The summed E-state index contributed by atoms with van der Waals surface area (Å²) >= 11 is 0. The molecule has 4 N–H and O–H groups in total. The van der Waals surface area contributed by atoms with Crippen LogP contribution >= 0.6 is 0 Å². The van der Waals surface area contributed by atoms with Crippen LogP contribution in [0.1, 0.15) is 30.4 Å². The van der Waals surface area contributed by atoms with Gasteiger partial charge in [-0.05, 0) is 26.0 Å². The van der Waals surface area contributed by atoms with Gasteiger partial charge in [0.05, 0.1) is 18.2 Å². The zero-order valence-electron chi connectivity index (χ0n) is 13.8. The number of carbonyl (C=O) groups excluding carboxylic acids is 1. The van der Waals surface area contributed by atoms with Crippen molar-refractivity contribution >= 4 is 11.7 Å². The molecule has 0 aliphatic rings. The number of hydrogen-bond donors (Lipinski definition) is 2. The van der Waals surface area contributed by atoms with E-state index >= 15 is 0 Å². The van der Waals surface area contributed by atoms with Crippen molar-refractivity contribution in [3.8, 4) is 22.5 Å². The van der Waals surface area contributed by atoms with Gasteiger partial charge >= 0.3 is 0 Å². The molecular weight excluding hydrogens is 322 g/mol. The molecule has 0 aliphatic carbocycles. The zero-order valence-corrected chi connectivity index (χ0v) is 13.8. The lowest BCUT2D eigenvalue weighted by Gasteiger charge is -2.14. The molecule has 25 heavy (non-hydrogen) atoms. The van der Waals surface area contributed by atoms with Gasteiger partial charge < -0.3 is 20.5 Å². The number of furan rings is 1. The van der Waals surface area contributed by atoms with Gasteiger partial charge in [0.2, 0.25) is 0 Å². The second kappa shape index (κ2) is 6.23. The van der Waals surface area contributed by atoms with Crippen LogP contribution in [-0.4, -0.2) is 20.4 Å². The Morgan fingerprint density at radius 1 is 1.16 bits per heavy atom. The van der Waals surface area contributed by atoms with Gasteiger partial charge in [-0.1, -0.05) is 0 Å². The summed E-state index contributed by atoms with van der Waals surface area (Å²) in [5, 5.41) is 0. The molecule has 0 saturated heterocycles. The van der Waals surface area contributed by atoms with Crippen molar-refractivity contribution < 1.29 is 9.21 Å². The third-order valence-corrected chi connectivity index (χ3v) is 3.72. The number of rotatable bonds is 4. The molecule has 0 atom stereocenters. The SMILES string of the molecule is CC(C)n1cc(-c2nc(C(N)=O)c(N)nc2-c2ccoc2)ccc1=O. The summed E-state index contributed by atoms with van der Waals surface area (Å²) in [5.41, 5.74) is 13.0. The summed E-state index contributed by atoms with van der Waals surface area (Å²) in [6.07, 6.45) is 4.66. The minimum Gasteiger partial charge on any atom is -0.472 e. The maximum absolute atomic E-state index is 12.0. The molecule has 0 unspecified atom stereocenters. The smallest absolute Gasteiger partial charge is 0.271 e. The molecule has 0 aromatic carbocycles. The number of primary amides is 1. The lowest BCUT2D eigenvalue weighted by atomic mass is 10.1. The van der Waals surface area contributed by atoms with Crippen LogP contribution in [0.15, 0.2) is 46.1 Å². The van der Waals surface area contributed by atoms with Gasteiger partial charge in [0.15, 0.2) is 11.5 Å². The number of anilines is 1. The van der Waals surface area contributed by atoms with Crippen molar-refractivity contribution in [1.82, 2.24) is 14.5 Å². The van der Waals surface area contributed by atoms with Crippen molar-refractivity contribution in [1.29, 1.82) is 0 Å². The Labute approximate surface area is 143 Å². The number of nitrogens with zero attached hydrogens (tertiary/aromatic N) is 3. The Morgan fingerprint density at radius 2 is 1.88 bits per heavy atom. The molecule has 3 aromatic rings. The van der Waals surface area contributed by atoms with Crippen molar-refractivity contribution in [3.05, 3.63) is 53.0 Å². The standard InChI is InChI=1S/C17H17N5O3/c1-9(2)22-7-10(3-4-12(22)23)13-14(11-5-6-25-8-11)21-16(18)15(20-13)17(19)24/h3-9H,1-2H3,(H2,18,21)(H2,19,24). The summed E-state index contributed by atoms with van der Waals surface area (Å²) in [6.45, 7) is 3.79. The monoisotopic (exact) mass is 339 g/mol. The second-order valence-electron chi connectivity index (χ2n) is 5.79. The van der Waals surface area contributed by atoms with Crippen molar-refractivity contribution in [2.45, 2.75) is 19.9 Å². The van der Waals surface area contributed by atoms with Gasteiger partial charge in [-0.25, -0.2) is 9.97 Å². The predicted octanol–water partition coefficient (Wildman–Crippen LogP) is 1.83. The summed E-state index contributed by atoms with van der Waals surface area (Å²) in [7, 11) is 0. The fraction of sp³-hybridized carbons (Fsp3) is 0.176. The fourth-order valence-electron chi connectivity index (χ4n) is 2.48. The zero-order chi connectivity index (χ0) is 18.1. The summed E-state index contributed by atoms with van der Waals surface area (Å²) in [6, 6.07) is 4.73. The topological polar surface area (TPSA) is 130 Å². The molecule has 0 saturated carbocycles. The molecule has 3 rings (SSSR count). The first-order chi connectivity index (χ1) is 11.9. The molecule has 0 aliphatic heterocycles. The molecule has 3 heterocycles. The number of amides is 1. The lowest BCUT2D eigenvalue weighted by molar-refractivity contribution is 0.0996. The average molecular weight is 339 g/mol. The van der Waals surface area contributed by atoms with E-state index in [0.717, 1.165) is 0 Å². The van der Waals surface area contributed by atoms with Crippen LogP contribution in [0.5, 0.6) is 0 Å². The number of aromatic nitrogens is 3. The van der Waals surface area contributed by atoms with E-state index in [1.54, 1.807) is 22.9 Å². The minimum atomic E-state index is -0.776. The van der Waals surface area contributed by atoms with Gasteiger partial charge in [0.25, 0.3) is 11.5 Å². The normalized spacial score (nSPS) is 11.0. The van der Waals surface area contributed by atoms with Crippen molar-refractivity contribution in [3.63, 3.8) is 0 Å². The van der Waals surface area contributed by atoms with Crippen LogP contribution in [-0.2, 0) is 0 Å². The van der Waals surface area contributed by atoms with E-state index in [4.69, 9.17) is 15.9 Å². The highest BCUT2D eigenvalue weighted by Crippen LogP contribution is 2.30. The van der Waals surface area contributed by atoms with Crippen molar-refractivity contribution in [2.24, 2.45) is 5.73 Å². The number of pyridine rings is 1. The van der Waals surface area contributed by atoms with Crippen LogP contribution < -0.4 is 17.0 Å².